The maximum atomic E-state index is 12.1. The van der Waals surface area contributed by atoms with Gasteiger partial charge in [0.1, 0.15) is 0 Å². The van der Waals surface area contributed by atoms with Gasteiger partial charge in [0.25, 0.3) is 0 Å². The van der Waals surface area contributed by atoms with Crippen molar-refractivity contribution in [1.29, 1.82) is 0 Å². The number of pyridine rings is 1. The zero-order chi connectivity index (χ0) is 16.1. The number of aromatic nitrogens is 3. The van der Waals surface area contributed by atoms with Gasteiger partial charge >= 0.3 is 6.03 Å². The summed E-state index contributed by atoms with van der Waals surface area (Å²) >= 11 is 0. The fourth-order valence-electron chi connectivity index (χ4n) is 2.33. The van der Waals surface area contributed by atoms with Crippen LogP contribution in [0.5, 0.6) is 0 Å². The smallest absolute Gasteiger partial charge is 0.319 e. The molecule has 0 fully saturated rings. The summed E-state index contributed by atoms with van der Waals surface area (Å²) in [5.74, 6) is 0.254. The Bertz CT molecular complexity index is 621. The summed E-state index contributed by atoms with van der Waals surface area (Å²) in [4.78, 5) is 16.2. The highest BCUT2D eigenvalue weighted by molar-refractivity contribution is 5.90. The van der Waals surface area contributed by atoms with Crippen molar-refractivity contribution in [3.05, 3.63) is 42.0 Å². The molecular formula is C16H23N5O. The first-order valence-electron chi connectivity index (χ1n) is 7.45. The van der Waals surface area contributed by atoms with Gasteiger partial charge in [-0.1, -0.05) is 19.9 Å². The number of carbonyl (C=O) groups excluding carboxylic acids is 1. The SMILES string of the molecule is CC(Cc1cccnc1)NC(=O)Nc1cn(C)nc1C(C)C. The highest BCUT2D eigenvalue weighted by Gasteiger charge is 2.15. The van der Waals surface area contributed by atoms with Gasteiger partial charge in [0.05, 0.1) is 11.4 Å². The Morgan fingerprint density at radius 2 is 2.14 bits per heavy atom. The number of hydrogen-bond acceptors (Lipinski definition) is 3. The fraction of sp³-hybridized carbons (Fsp3) is 0.438. The van der Waals surface area contributed by atoms with Gasteiger partial charge in [-0.15, -0.1) is 0 Å². The Hall–Kier alpha value is -2.37. The average Bonchev–Trinajstić information content (AvgIpc) is 2.80. The second-order valence-corrected chi connectivity index (χ2v) is 5.82. The molecule has 22 heavy (non-hydrogen) atoms. The second kappa shape index (κ2) is 7.06. The molecule has 0 radical (unpaired) electrons. The zero-order valence-electron chi connectivity index (χ0n) is 13.5. The number of urea groups is 1. The Morgan fingerprint density at radius 3 is 2.77 bits per heavy atom. The monoisotopic (exact) mass is 301 g/mol. The molecule has 2 amide bonds. The van der Waals surface area contributed by atoms with Crippen molar-refractivity contribution in [2.75, 3.05) is 5.32 Å². The van der Waals surface area contributed by atoms with Gasteiger partial charge in [-0.2, -0.15) is 5.10 Å². The highest BCUT2D eigenvalue weighted by Crippen LogP contribution is 2.21. The third kappa shape index (κ3) is 4.31. The van der Waals surface area contributed by atoms with E-state index in [0.29, 0.717) is 0 Å². The molecule has 6 nitrogen and oxygen atoms in total. The van der Waals surface area contributed by atoms with Gasteiger partial charge in [0.15, 0.2) is 0 Å². The lowest BCUT2D eigenvalue weighted by Gasteiger charge is -2.15. The van der Waals surface area contributed by atoms with Gasteiger partial charge < -0.3 is 10.6 Å². The standard InChI is InChI=1S/C16H23N5O/c1-11(2)15-14(10-21(4)20-15)19-16(22)18-12(3)8-13-6-5-7-17-9-13/h5-7,9-12H,8H2,1-4H3,(H2,18,19,22). The van der Waals surface area contributed by atoms with E-state index in [0.717, 1.165) is 23.4 Å². The van der Waals surface area contributed by atoms with Crippen LogP contribution < -0.4 is 10.6 Å². The predicted octanol–water partition coefficient (Wildman–Crippen LogP) is 2.69. The number of amides is 2. The molecule has 0 aliphatic carbocycles. The molecular weight excluding hydrogens is 278 g/mol. The van der Waals surface area contributed by atoms with Crippen molar-refractivity contribution in [3.8, 4) is 0 Å². The molecule has 2 aromatic heterocycles. The summed E-state index contributed by atoms with van der Waals surface area (Å²) in [5, 5.41) is 10.2. The number of nitrogens with zero attached hydrogens (tertiary/aromatic N) is 3. The van der Waals surface area contributed by atoms with Crippen molar-refractivity contribution in [3.63, 3.8) is 0 Å². The number of carbonyl (C=O) groups is 1. The lowest BCUT2D eigenvalue weighted by molar-refractivity contribution is 0.249. The first-order chi connectivity index (χ1) is 10.5. The van der Waals surface area contributed by atoms with E-state index in [1.165, 1.54) is 0 Å². The van der Waals surface area contributed by atoms with E-state index in [1.807, 2.05) is 38.5 Å². The fourth-order valence-corrected chi connectivity index (χ4v) is 2.33. The second-order valence-electron chi connectivity index (χ2n) is 5.82. The van der Waals surface area contributed by atoms with Crippen molar-refractivity contribution >= 4 is 11.7 Å². The topological polar surface area (TPSA) is 71.8 Å². The molecule has 0 saturated heterocycles. The van der Waals surface area contributed by atoms with Crippen LogP contribution in [-0.4, -0.2) is 26.8 Å². The lowest BCUT2D eigenvalue weighted by Crippen LogP contribution is -2.37. The summed E-state index contributed by atoms with van der Waals surface area (Å²) in [5.41, 5.74) is 2.74. The van der Waals surface area contributed by atoms with Gasteiger partial charge in [-0.3, -0.25) is 9.67 Å². The molecule has 0 aliphatic heterocycles. The molecule has 118 valence electrons. The molecule has 1 unspecified atom stereocenters. The summed E-state index contributed by atoms with van der Waals surface area (Å²) in [6.45, 7) is 6.08. The van der Waals surface area contributed by atoms with Crippen LogP contribution in [-0.2, 0) is 13.5 Å². The quantitative estimate of drug-likeness (QED) is 0.892. The van der Waals surface area contributed by atoms with E-state index >= 15 is 0 Å². The molecule has 6 heteroatoms. The predicted molar refractivity (Wildman–Crippen MR) is 86.9 cm³/mol. The van der Waals surface area contributed by atoms with Gasteiger partial charge in [-0.25, -0.2) is 4.79 Å². The Balaban J connectivity index is 1.93. The van der Waals surface area contributed by atoms with Gasteiger partial charge in [0, 0.05) is 31.7 Å². The third-order valence-corrected chi connectivity index (χ3v) is 3.29. The third-order valence-electron chi connectivity index (χ3n) is 3.29. The summed E-state index contributed by atoms with van der Waals surface area (Å²) < 4.78 is 1.71. The van der Waals surface area contributed by atoms with E-state index in [1.54, 1.807) is 10.9 Å². The number of rotatable bonds is 5. The van der Waals surface area contributed by atoms with Crippen molar-refractivity contribution in [2.24, 2.45) is 7.05 Å². The molecule has 0 saturated carbocycles. The number of nitrogens with one attached hydrogen (secondary N) is 2. The molecule has 2 N–H and O–H groups in total. The van der Waals surface area contributed by atoms with Crippen molar-refractivity contribution < 1.29 is 4.79 Å². The first kappa shape index (κ1) is 16.0. The average molecular weight is 301 g/mol. The molecule has 0 aromatic carbocycles. The van der Waals surface area contributed by atoms with Crippen molar-refractivity contribution in [1.82, 2.24) is 20.1 Å². The summed E-state index contributed by atoms with van der Waals surface area (Å²) in [6.07, 6.45) is 6.12. The van der Waals surface area contributed by atoms with Crippen LogP contribution in [0, 0.1) is 0 Å². The Morgan fingerprint density at radius 1 is 1.36 bits per heavy atom. The van der Waals surface area contributed by atoms with Crippen LogP contribution in [0.25, 0.3) is 0 Å². The molecule has 0 spiro atoms. The van der Waals surface area contributed by atoms with Crippen LogP contribution in [0.15, 0.2) is 30.7 Å². The van der Waals surface area contributed by atoms with E-state index in [-0.39, 0.29) is 18.0 Å². The lowest BCUT2D eigenvalue weighted by atomic mass is 10.1. The molecule has 1 atom stereocenters. The van der Waals surface area contributed by atoms with Crippen LogP contribution in [0.3, 0.4) is 0 Å². The minimum absolute atomic E-state index is 0.0170. The minimum Gasteiger partial charge on any atom is -0.335 e. The normalized spacial score (nSPS) is 12.2. The summed E-state index contributed by atoms with van der Waals surface area (Å²) in [6, 6.07) is 3.70. The maximum absolute atomic E-state index is 12.1. The first-order valence-corrected chi connectivity index (χ1v) is 7.45. The van der Waals surface area contributed by atoms with E-state index in [2.05, 4.69) is 34.6 Å². The van der Waals surface area contributed by atoms with E-state index in [9.17, 15) is 4.79 Å². The van der Waals surface area contributed by atoms with Crippen LogP contribution in [0.1, 0.15) is 37.9 Å². The zero-order valence-corrected chi connectivity index (χ0v) is 13.5. The van der Waals surface area contributed by atoms with Crippen LogP contribution >= 0.6 is 0 Å². The Kier molecular flexibility index (Phi) is 5.14. The highest BCUT2D eigenvalue weighted by atomic mass is 16.2. The van der Waals surface area contributed by atoms with Gasteiger partial charge in [0.2, 0.25) is 0 Å². The molecule has 2 heterocycles. The number of hydrogen-bond donors (Lipinski definition) is 2. The minimum atomic E-state index is -0.216. The van der Waals surface area contributed by atoms with E-state index < -0.39 is 0 Å². The molecule has 2 aromatic rings. The van der Waals surface area contributed by atoms with E-state index in [4.69, 9.17) is 0 Å². The number of anilines is 1. The maximum Gasteiger partial charge on any atom is 0.319 e. The van der Waals surface area contributed by atoms with Crippen molar-refractivity contribution in [2.45, 2.75) is 39.2 Å². The number of aryl methyl sites for hydroxylation is 1. The molecule has 0 aliphatic rings. The molecule has 0 bridgehead atoms. The Labute approximate surface area is 130 Å². The van der Waals surface area contributed by atoms with Crippen LogP contribution in [0.2, 0.25) is 0 Å². The largest absolute Gasteiger partial charge is 0.335 e. The molecule has 2 rings (SSSR count). The van der Waals surface area contributed by atoms with Gasteiger partial charge in [-0.05, 0) is 30.9 Å². The summed E-state index contributed by atoms with van der Waals surface area (Å²) in [7, 11) is 1.85. The van der Waals surface area contributed by atoms with Crippen LogP contribution in [0.4, 0.5) is 10.5 Å².